The van der Waals surface area contributed by atoms with Crippen LogP contribution in [0.25, 0.3) is 0 Å². The predicted molar refractivity (Wildman–Crippen MR) is 82.9 cm³/mol. The van der Waals surface area contributed by atoms with Crippen molar-refractivity contribution in [1.82, 2.24) is 9.78 Å². The van der Waals surface area contributed by atoms with Crippen LogP contribution in [0, 0.1) is 0 Å². The minimum absolute atomic E-state index is 0.232. The van der Waals surface area contributed by atoms with E-state index in [0.29, 0.717) is 18.5 Å². The molecule has 2 rings (SSSR count). The van der Waals surface area contributed by atoms with Crippen molar-refractivity contribution in [2.75, 3.05) is 0 Å². The zero-order chi connectivity index (χ0) is 15.9. The van der Waals surface area contributed by atoms with E-state index in [1.165, 1.54) is 6.20 Å². The third-order valence-corrected chi connectivity index (χ3v) is 3.81. The van der Waals surface area contributed by atoms with Gasteiger partial charge in [-0.05, 0) is 24.5 Å². The first-order valence-electron chi connectivity index (χ1n) is 6.69. The molecule has 116 valence electrons. The van der Waals surface area contributed by atoms with Gasteiger partial charge in [-0.1, -0.05) is 46.3 Å². The zero-order valence-electron chi connectivity index (χ0n) is 11.7. The number of alkyl halides is 1. The van der Waals surface area contributed by atoms with Crippen LogP contribution < -0.4 is 0 Å². The van der Waals surface area contributed by atoms with E-state index in [-0.39, 0.29) is 12.6 Å². The van der Waals surface area contributed by atoms with Crippen LogP contribution in [0.5, 0.6) is 0 Å². The van der Waals surface area contributed by atoms with Crippen molar-refractivity contribution in [3.05, 3.63) is 53.9 Å². The minimum Gasteiger partial charge on any atom is -0.463 e. The smallest absolute Gasteiger partial charge is 0.432 e. The molecule has 22 heavy (non-hydrogen) atoms. The number of benzene rings is 1. The highest BCUT2D eigenvalue weighted by Gasteiger charge is 2.17. The Balaban J connectivity index is 1.77. The second-order valence-electron chi connectivity index (χ2n) is 4.63. The Morgan fingerprint density at radius 3 is 2.64 bits per heavy atom. The zero-order valence-corrected chi connectivity index (χ0v) is 13.3. The van der Waals surface area contributed by atoms with Crippen LogP contribution in [-0.4, -0.2) is 31.8 Å². The first-order chi connectivity index (χ1) is 10.6. The van der Waals surface area contributed by atoms with Gasteiger partial charge in [0, 0.05) is 6.20 Å². The Labute approximate surface area is 135 Å². The quantitative estimate of drug-likeness (QED) is 0.627. The summed E-state index contributed by atoms with van der Waals surface area (Å²) in [6.45, 7) is 0.232. The van der Waals surface area contributed by atoms with Gasteiger partial charge in [0.15, 0.2) is 0 Å². The lowest BCUT2D eigenvalue weighted by Gasteiger charge is -2.09. The Morgan fingerprint density at radius 1 is 1.27 bits per heavy atom. The molecule has 2 aromatic rings. The summed E-state index contributed by atoms with van der Waals surface area (Å²) in [5.41, 5.74) is 1.54. The van der Waals surface area contributed by atoms with Crippen LogP contribution >= 0.6 is 15.9 Å². The number of halogens is 1. The fourth-order valence-electron chi connectivity index (χ4n) is 1.81. The molecule has 1 N–H and O–H groups in total. The predicted octanol–water partition coefficient (Wildman–Crippen LogP) is 2.85. The van der Waals surface area contributed by atoms with Gasteiger partial charge in [0.1, 0.15) is 11.4 Å². The fourth-order valence-corrected chi connectivity index (χ4v) is 2.17. The molecule has 0 spiro atoms. The molecule has 0 aliphatic heterocycles. The van der Waals surface area contributed by atoms with Crippen LogP contribution in [0.4, 0.5) is 4.79 Å². The van der Waals surface area contributed by atoms with E-state index in [2.05, 4.69) is 21.0 Å². The number of aromatic nitrogens is 2. The van der Waals surface area contributed by atoms with Crippen molar-refractivity contribution in [3.8, 4) is 0 Å². The number of carboxylic acid groups (broad SMARTS) is 1. The highest BCUT2D eigenvalue weighted by atomic mass is 79.9. The minimum atomic E-state index is -1.14. The van der Waals surface area contributed by atoms with E-state index in [1.807, 2.05) is 30.3 Å². The van der Waals surface area contributed by atoms with Gasteiger partial charge in [-0.25, -0.2) is 4.79 Å². The summed E-state index contributed by atoms with van der Waals surface area (Å²) >= 11 is 3.28. The maximum Gasteiger partial charge on any atom is 0.432 e. The lowest BCUT2D eigenvalue weighted by atomic mass is 10.2. The maximum atomic E-state index is 11.9. The number of hydrogen-bond acceptors (Lipinski definition) is 4. The third-order valence-electron chi connectivity index (χ3n) is 2.97. The highest BCUT2D eigenvalue weighted by molar-refractivity contribution is 9.10. The summed E-state index contributed by atoms with van der Waals surface area (Å²) in [4.78, 5) is 22.1. The van der Waals surface area contributed by atoms with Gasteiger partial charge in [0.25, 0.3) is 0 Å². The first kappa shape index (κ1) is 16.2. The number of carbonyl (C=O) groups is 2. The topological polar surface area (TPSA) is 81.4 Å². The van der Waals surface area contributed by atoms with Crippen molar-refractivity contribution in [2.24, 2.45) is 0 Å². The number of rotatable bonds is 6. The molecule has 0 aliphatic rings. The van der Waals surface area contributed by atoms with Crippen molar-refractivity contribution in [2.45, 2.75) is 24.3 Å². The second-order valence-corrected chi connectivity index (χ2v) is 5.74. The summed E-state index contributed by atoms with van der Waals surface area (Å²) in [6.07, 6.45) is 1.19. The molecular weight excluding hydrogens is 352 g/mol. The van der Waals surface area contributed by atoms with Crippen molar-refractivity contribution in [3.63, 3.8) is 0 Å². The van der Waals surface area contributed by atoms with E-state index in [1.54, 1.807) is 6.07 Å². The van der Waals surface area contributed by atoms with E-state index in [4.69, 9.17) is 9.84 Å². The van der Waals surface area contributed by atoms with Gasteiger partial charge in [-0.15, -0.1) is 0 Å². The molecule has 1 atom stereocenters. The van der Waals surface area contributed by atoms with Gasteiger partial charge >= 0.3 is 12.1 Å². The average molecular weight is 367 g/mol. The lowest BCUT2D eigenvalue weighted by Crippen LogP contribution is -2.18. The summed E-state index contributed by atoms with van der Waals surface area (Å²) in [6, 6.07) is 11.0. The molecule has 0 saturated heterocycles. The fraction of sp³-hybridized carbons (Fsp3) is 0.267. The summed E-state index contributed by atoms with van der Waals surface area (Å²) < 4.78 is 6.06. The Morgan fingerprint density at radius 2 is 2.00 bits per heavy atom. The molecule has 7 heteroatoms. The van der Waals surface area contributed by atoms with E-state index >= 15 is 0 Å². The lowest BCUT2D eigenvalue weighted by molar-refractivity contribution is -0.144. The third kappa shape index (κ3) is 4.70. The summed E-state index contributed by atoms with van der Waals surface area (Å²) in [5, 5.41) is 12.6. The highest BCUT2D eigenvalue weighted by Crippen LogP contribution is 2.13. The molecule has 6 nitrogen and oxygen atoms in total. The molecule has 1 heterocycles. The number of carbonyl (C=O) groups excluding carboxylic acids is 1. The van der Waals surface area contributed by atoms with Crippen molar-refractivity contribution in [1.29, 1.82) is 0 Å². The molecule has 1 unspecified atom stereocenters. The van der Waals surface area contributed by atoms with Gasteiger partial charge in [0.2, 0.25) is 0 Å². The monoisotopic (exact) mass is 366 g/mol. The number of esters is 1. The Bertz CT molecular complexity index is 642. The summed E-state index contributed by atoms with van der Waals surface area (Å²) in [5.74, 6) is -0.346. The second kappa shape index (κ2) is 7.74. The number of nitrogens with zero attached hydrogens (tertiary/aromatic N) is 2. The molecule has 0 amide bonds. The molecule has 1 aromatic carbocycles. The van der Waals surface area contributed by atoms with Gasteiger partial charge in [-0.2, -0.15) is 9.78 Å². The van der Waals surface area contributed by atoms with Crippen LogP contribution in [0.15, 0.2) is 42.6 Å². The van der Waals surface area contributed by atoms with Crippen LogP contribution in [-0.2, 0) is 22.6 Å². The largest absolute Gasteiger partial charge is 0.463 e. The number of ether oxygens (including phenoxy) is 1. The molecule has 1 aromatic heterocycles. The summed E-state index contributed by atoms with van der Waals surface area (Å²) in [7, 11) is 0. The number of aryl methyl sites for hydroxylation is 1. The molecular formula is C15H15BrN2O4. The Hall–Kier alpha value is -2.15. The van der Waals surface area contributed by atoms with Crippen LogP contribution in [0.2, 0.25) is 0 Å². The van der Waals surface area contributed by atoms with E-state index < -0.39 is 10.9 Å². The Kier molecular flexibility index (Phi) is 5.71. The standard InChI is InChI=1S/C15H15BrN2O4/c16-13(7-6-12-8-9-18(17-12)15(20)21)14(19)22-10-11-4-2-1-3-5-11/h1-5,8-9,13H,6-7,10H2,(H,20,21). The molecule has 0 bridgehead atoms. The van der Waals surface area contributed by atoms with Crippen LogP contribution in [0.3, 0.4) is 0 Å². The maximum absolute atomic E-state index is 11.9. The average Bonchev–Trinajstić information content (AvgIpc) is 3.00. The van der Waals surface area contributed by atoms with Crippen molar-refractivity contribution >= 4 is 28.0 Å². The van der Waals surface area contributed by atoms with E-state index in [9.17, 15) is 9.59 Å². The van der Waals surface area contributed by atoms with Gasteiger partial charge in [-0.3, -0.25) is 4.79 Å². The van der Waals surface area contributed by atoms with Gasteiger partial charge < -0.3 is 9.84 Å². The van der Waals surface area contributed by atoms with Gasteiger partial charge in [0.05, 0.1) is 5.69 Å². The number of hydrogen-bond donors (Lipinski definition) is 1. The molecule has 0 saturated carbocycles. The SMILES string of the molecule is O=C(OCc1ccccc1)C(Br)CCc1ccn(C(=O)O)n1. The van der Waals surface area contributed by atoms with Crippen molar-refractivity contribution < 1.29 is 19.4 Å². The first-order valence-corrected chi connectivity index (χ1v) is 7.60. The molecule has 0 radical (unpaired) electrons. The normalized spacial score (nSPS) is 11.9. The van der Waals surface area contributed by atoms with Crippen LogP contribution in [0.1, 0.15) is 17.7 Å². The molecule has 0 fully saturated rings. The van der Waals surface area contributed by atoms with E-state index in [0.717, 1.165) is 10.2 Å². The molecule has 0 aliphatic carbocycles.